The van der Waals surface area contributed by atoms with E-state index in [2.05, 4.69) is 13.8 Å². The van der Waals surface area contributed by atoms with Crippen LogP contribution in [0.3, 0.4) is 0 Å². The molecule has 6 heteroatoms. The number of hydrogen-bond acceptors (Lipinski definition) is 4. The first-order valence-electron chi connectivity index (χ1n) is 10.3. The lowest BCUT2D eigenvalue weighted by molar-refractivity contribution is 0.0668. The second kappa shape index (κ2) is 10.9. The van der Waals surface area contributed by atoms with Crippen molar-refractivity contribution in [3.8, 4) is 17.2 Å². The topological polar surface area (TPSA) is 48.0 Å². The number of carbonyl (C=O) groups excluding carboxylic acids is 1. The van der Waals surface area contributed by atoms with Gasteiger partial charge in [0.05, 0.1) is 21.3 Å². The van der Waals surface area contributed by atoms with Crippen LogP contribution in [0.4, 0.5) is 4.39 Å². The van der Waals surface area contributed by atoms with Crippen LogP contribution < -0.4 is 14.2 Å². The lowest BCUT2D eigenvalue weighted by Gasteiger charge is -2.32. The summed E-state index contributed by atoms with van der Waals surface area (Å²) in [4.78, 5) is 15.3. The lowest BCUT2D eigenvalue weighted by atomic mass is 9.91. The highest BCUT2D eigenvalue weighted by molar-refractivity contribution is 5.96. The van der Waals surface area contributed by atoms with Crippen molar-refractivity contribution in [1.82, 2.24) is 4.90 Å². The number of hydrogen-bond donors (Lipinski definition) is 0. The zero-order valence-corrected chi connectivity index (χ0v) is 18.7. The number of benzene rings is 2. The Balaban J connectivity index is 2.29. The molecule has 0 N–H and O–H groups in total. The van der Waals surface area contributed by atoms with Crippen molar-refractivity contribution in [1.29, 1.82) is 0 Å². The first-order valence-corrected chi connectivity index (χ1v) is 10.3. The molecule has 5 nitrogen and oxygen atoms in total. The van der Waals surface area contributed by atoms with Gasteiger partial charge in [0.25, 0.3) is 5.91 Å². The quantitative estimate of drug-likeness (QED) is 0.527. The standard InChI is InChI=1S/C24H32FNO4/c1-7-20(13-16(3)17-9-11-19(25)12-10-17)26(8-2)24(27)18-14-21(28-4)23(30-6)22(15-18)29-5/h9-12,14-16,20H,7-8,13H2,1-6H3/t16-,20-/m1/s1. The maximum absolute atomic E-state index is 13.4. The fraction of sp³-hybridized carbons (Fsp3) is 0.458. The summed E-state index contributed by atoms with van der Waals surface area (Å²) in [6.45, 7) is 6.73. The normalized spacial score (nSPS) is 12.8. The molecule has 0 aliphatic rings. The monoisotopic (exact) mass is 417 g/mol. The Hall–Kier alpha value is -2.76. The SMILES string of the molecule is CC[C@H](C[C@@H](C)c1ccc(F)cc1)N(CC)C(=O)c1cc(OC)c(OC)c(OC)c1. The summed E-state index contributed by atoms with van der Waals surface area (Å²) in [5.41, 5.74) is 1.55. The highest BCUT2D eigenvalue weighted by Gasteiger charge is 2.26. The van der Waals surface area contributed by atoms with Gasteiger partial charge in [-0.05, 0) is 55.5 Å². The minimum Gasteiger partial charge on any atom is -0.493 e. The molecule has 0 bridgehead atoms. The van der Waals surface area contributed by atoms with Crippen molar-refractivity contribution in [2.75, 3.05) is 27.9 Å². The van der Waals surface area contributed by atoms with E-state index in [1.807, 2.05) is 24.0 Å². The van der Waals surface area contributed by atoms with Crippen molar-refractivity contribution in [3.63, 3.8) is 0 Å². The lowest BCUT2D eigenvalue weighted by Crippen LogP contribution is -2.40. The number of amides is 1. The van der Waals surface area contributed by atoms with E-state index in [0.29, 0.717) is 29.4 Å². The molecule has 0 unspecified atom stereocenters. The molecule has 0 spiro atoms. The van der Waals surface area contributed by atoms with Gasteiger partial charge in [0.1, 0.15) is 5.82 Å². The Kier molecular flexibility index (Phi) is 8.51. The van der Waals surface area contributed by atoms with E-state index in [0.717, 1.165) is 18.4 Å². The van der Waals surface area contributed by atoms with Crippen molar-refractivity contribution >= 4 is 5.91 Å². The Bertz CT molecular complexity index is 813. The molecular formula is C24H32FNO4. The van der Waals surface area contributed by atoms with Gasteiger partial charge in [-0.1, -0.05) is 26.0 Å². The van der Waals surface area contributed by atoms with Crippen LogP contribution in [0.15, 0.2) is 36.4 Å². The zero-order valence-electron chi connectivity index (χ0n) is 18.7. The van der Waals surface area contributed by atoms with E-state index in [1.54, 1.807) is 12.1 Å². The van der Waals surface area contributed by atoms with E-state index in [-0.39, 0.29) is 23.7 Å². The van der Waals surface area contributed by atoms with Gasteiger partial charge in [0, 0.05) is 18.2 Å². The fourth-order valence-corrected chi connectivity index (χ4v) is 3.79. The van der Waals surface area contributed by atoms with Gasteiger partial charge in [-0.3, -0.25) is 4.79 Å². The second-order valence-electron chi connectivity index (χ2n) is 7.26. The molecule has 0 saturated heterocycles. The van der Waals surface area contributed by atoms with Crippen LogP contribution in [-0.2, 0) is 0 Å². The molecule has 30 heavy (non-hydrogen) atoms. The van der Waals surface area contributed by atoms with Crippen LogP contribution in [0.25, 0.3) is 0 Å². The molecule has 0 aliphatic carbocycles. The average molecular weight is 418 g/mol. The highest BCUT2D eigenvalue weighted by Crippen LogP contribution is 2.38. The first kappa shape index (κ1) is 23.5. The Morgan fingerprint density at radius 3 is 2.00 bits per heavy atom. The molecule has 2 rings (SSSR count). The molecule has 2 aromatic rings. The molecule has 0 aliphatic heterocycles. The number of rotatable bonds is 10. The van der Waals surface area contributed by atoms with Gasteiger partial charge in [0.15, 0.2) is 11.5 Å². The van der Waals surface area contributed by atoms with E-state index < -0.39 is 0 Å². The second-order valence-corrected chi connectivity index (χ2v) is 7.26. The molecule has 1 amide bonds. The molecule has 0 radical (unpaired) electrons. The maximum atomic E-state index is 13.4. The molecule has 0 aromatic heterocycles. The summed E-state index contributed by atoms with van der Waals surface area (Å²) in [6, 6.07) is 9.98. The number of halogens is 1. The van der Waals surface area contributed by atoms with Crippen molar-refractivity contribution in [3.05, 3.63) is 53.3 Å². The molecule has 2 aromatic carbocycles. The average Bonchev–Trinajstić information content (AvgIpc) is 2.77. The van der Waals surface area contributed by atoms with Gasteiger partial charge >= 0.3 is 0 Å². The zero-order chi connectivity index (χ0) is 22.3. The molecule has 0 heterocycles. The Labute approximate surface area is 178 Å². The van der Waals surface area contributed by atoms with Crippen LogP contribution in [0, 0.1) is 5.82 Å². The maximum Gasteiger partial charge on any atom is 0.254 e. The van der Waals surface area contributed by atoms with E-state index in [4.69, 9.17) is 14.2 Å². The van der Waals surface area contributed by atoms with Gasteiger partial charge in [-0.2, -0.15) is 0 Å². The number of ether oxygens (including phenoxy) is 3. The van der Waals surface area contributed by atoms with E-state index in [1.165, 1.54) is 33.5 Å². The van der Waals surface area contributed by atoms with Gasteiger partial charge < -0.3 is 19.1 Å². The van der Waals surface area contributed by atoms with Crippen molar-refractivity contribution in [2.24, 2.45) is 0 Å². The number of carbonyl (C=O) groups is 1. The van der Waals surface area contributed by atoms with Gasteiger partial charge in [-0.15, -0.1) is 0 Å². The largest absolute Gasteiger partial charge is 0.493 e. The van der Waals surface area contributed by atoms with Gasteiger partial charge in [-0.25, -0.2) is 4.39 Å². The van der Waals surface area contributed by atoms with E-state index >= 15 is 0 Å². The Morgan fingerprint density at radius 1 is 1.00 bits per heavy atom. The molecular weight excluding hydrogens is 385 g/mol. The number of nitrogens with zero attached hydrogens (tertiary/aromatic N) is 1. The summed E-state index contributed by atoms with van der Waals surface area (Å²) in [5, 5.41) is 0. The van der Waals surface area contributed by atoms with Crippen LogP contribution in [-0.4, -0.2) is 44.7 Å². The summed E-state index contributed by atoms with van der Waals surface area (Å²) in [6.07, 6.45) is 1.60. The predicted octanol–water partition coefficient (Wildman–Crippen LogP) is 5.29. The van der Waals surface area contributed by atoms with E-state index in [9.17, 15) is 9.18 Å². The first-order chi connectivity index (χ1) is 14.4. The summed E-state index contributed by atoms with van der Waals surface area (Å²) in [5.74, 6) is 1.21. The third kappa shape index (κ3) is 5.23. The van der Waals surface area contributed by atoms with Crippen LogP contribution in [0.5, 0.6) is 17.2 Å². The van der Waals surface area contributed by atoms with Crippen molar-refractivity contribution < 1.29 is 23.4 Å². The molecule has 0 fully saturated rings. The van der Waals surface area contributed by atoms with Crippen LogP contribution in [0.1, 0.15) is 55.5 Å². The fourth-order valence-electron chi connectivity index (χ4n) is 3.79. The third-order valence-corrected chi connectivity index (χ3v) is 5.49. The van der Waals surface area contributed by atoms with Crippen molar-refractivity contribution in [2.45, 2.75) is 45.6 Å². The minimum atomic E-state index is -0.245. The molecule has 164 valence electrons. The minimum absolute atomic E-state index is 0.0432. The van der Waals surface area contributed by atoms with Crippen LogP contribution in [0.2, 0.25) is 0 Å². The Morgan fingerprint density at radius 2 is 1.57 bits per heavy atom. The summed E-state index contributed by atoms with van der Waals surface area (Å²) >= 11 is 0. The van der Waals surface area contributed by atoms with Gasteiger partial charge in [0.2, 0.25) is 5.75 Å². The number of methoxy groups -OCH3 is 3. The smallest absolute Gasteiger partial charge is 0.254 e. The third-order valence-electron chi connectivity index (χ3n) is 5.49. The highest BCUT2D eigenvalue weighted by atomic mass is 19.1. The molecule has 0 saturated carbocycles. The predicted molar refractivity (Wildman–Crippen MR) is 116 cm³/mol. The summed E-state index contributed by atoms with van der Waals surface area (Å²) < 4.78 is 29.4. The summed E-state index contributed by atoms with van der Waals surface area (Å²) in [7, 11) is 4.59. The molecule has 2 atom stereocenters. The van der Waals surface area contributed by atoms with Crippen LogP contribution >= 0.6 is 0 Å².